The van der Waals surface area contributed by atoms with Gasteiger partial charge in [0.2, 0.25) is 0 Å². The van der Waals surface area contributed by atoms with E-state index >= 15 is 0 Å². The van der Waals surface area contributed by atoms with Crippen LogP contribution in [0.5, 0.6) is 0 Å². The Labute approximate surface area is 157 Å². The zero-order valence-corrected chi connectivity index (χ0v) is 14.1. The van der Waals surface area contributed by atoms with Crippen molar-refractivity contribution in [2.75, 3.05) is 0 Å². The molecule has 10 nitrogen and oxygen atoms in total. The largest absolute Gasteiger partial charge is 0.455 e. The summed E-state index contributed by atoms with van der Waals surface area (Å²) in [6, 6.07) is 14.4. The first-order chi connectivity index (χ1) is 13.4. The van der Waals surface area contributed by atoms with E-state index in [1.165, 1.54) is 36.5 Å². The Morgan fingerprint density at radius 2 is 1.68 bits per heavy atom. The number of nitrogens with one attached hydrogen (secondary N) is 1. The molecular formula is C18H12N4O6. The maximum Gasteiger partial charge on any atom is 0.271 e. The molecule has 1 N–H and O–H groups in total. The molecule has 0 saturated carbocycles. The Morgan fingerprint density at radius 3 is 2.36 bits per heavy atom. The number of carbonyl (C=O) groups is 1. The summed E-state index contributed by atoms with van der Waals surface area (Å²) >= 11 is 0. The number of amides is 1. The molecule has 1 heterocycles. The number of carbonyl (C=O) groups excluding carboxylic acids is 1. The molecule has 10 heteroatoms. The number of nitro groups is 2. The summed E-state index contributed by atoms with van der Waals surface area (Å²) in [5.74, 6) is 0.205. The van der Waals surface area contributed by atoms with Crippen molar-refractivity contribution < 1.29 is 19.1 Å². The number of benzene rings is 2. The van der Waals surface area contributed by atoms with E-state index in [-0.39, 0.29) is 16.9 Å². The molecule has 0 atom stereocenters. The van der Waals surface area contributed by atoms with Crippen molar-refractivity contribution in [2.24, 2.45) is 5.10 Å². The van der Waals surface area contributed by atoms with Gasteiger partial charge in [-0.25, -0.2) is 5.43 Å². The molecule has 0 aliphatic rings. The summed E-state index contributed by atoms with van der Waals surface area (Å²) < 4.78 is 5.55. The lowest BCUT2D eigenvalue weighted by Gasteiger charge is -1.99. The van der Waals surface area contributed by atoms with E-state index in [0.29, 0.717) is 17.1 Å². The summed E-state index contributed by atoms with van der Waals surface area (Å²) in [7, 11) is 0. The number of non-ortho nitro benzene ring substituents is 2. The molecular weight excluding hydrogens is 368 g/mol. The standard InChI is InChI=1S/C18H12N4O6/c23-18(13-2-1-3-15(10-13)22(26)27)20-19-11-16-8-9-17(28-16)12-4-6-14(7-5-12)21(24)25/h1-11H,(H,20,23)/b19-11-. The fraction of sp³-hybridized carbons (Fsp3) is 0. The van der Waals surface area contributed by atoms with Crippen molar-refractivity contribution in [3.63, 3.8) is 0 Å². The van der Waals surface area contributed by atoms with E-state index in [1.807, 2.05) is 0 Å². The highest BCUT2D eigenvalue weighted by Gasteiger charge is 2.11. The van der Waals surface area contributed by atoms with Crippen molar-refractivity contribution in [1.82, 2.24) is 5.43 Å². The van der Waals surface area contributed by atoms with Gasteiger partial charge in [-0.1, -0.05) is 6.07 Å². The minimum atomic E-state index is -0.609. The van der Waals surface area contributed by atoms with Gasteiger partial charge in [-0.2, -0.15) is 5.10 Å². The van der Waals surface area contributed by atoms with Crippen molar-refractivity contribution in [1.29, 1.82) is 0 Å². The minimum Gasteiger partial charge on any atom is -0.455 e. The first kappa shape index (κ1) is 18.5. The molecule has 28 heavy (non-hydrogen) atoms. The number of rotatable bonds is 6. The van der Waals surface area contributed by atoms with Crippen molar-refractivity contribution >= 4 is 23.5 Å². The van der Waals surface area contributed by atoms with Crippen molar-refractivity contribution in [3.05, 3.63) is 92.2 Å². The second-order valence-electron chi connectivity index (χ2n) is 5.51. The fourth-order valence-corrected chi connectivity index (χ4v) is 2.30. The van der Waals surface area contributed by atoms with Gasteiger partial charge in [0.25, 0.3) is 17.3 Å². The van der Waals surface area contributed by atoms with Crippen LogP contribution in [-0.4, -0.2) is 22.0 Å². The minimum absolute atomic E-state index is 0.0269. The molecule has 3 aromatic rings. The Kier molecular flexibility index (Phi) is 5.21. The van der Waals surface area contributed by atoms with Gasteiger partial charge < -0.3 is 4.42 Å². The van der Waals surface area contributed by atoms with Gasteiger partial charge in [0.05, 0.1) is 16.1 Å². The summed E-state index contributed by atoms with van der Waals surface area (Å²) in [4.78, 5) is 32.3. The molecule has 0 fully saturated rings. The molecule has 2 aromatic carbocycles. The van der Waals surface area contributed by atoms with Gasteiger partial charge >= 0.3 is 0 Å². The van der Waals surface area contributed by atoms with Gasteiger partial charge in [-0.3, -0.25) is 25.0 Å². The van der Waals surface area contributed by atoms with E-state index in [0.717, 1.165) is 6.07 Å². The molecule has 1 aromatic heterocycles. The summed E-state index contributed by atoms with van der Waals surface area (Å²) in [6.45, 7) is 0. The highest BCUT2D eigenvalue weighted by molar-refractivity contribution is 5.95. The summed E-state index contributed by atoms with van der Waals surface area (Å²) in [5.41, 5.74) is 2.77. The molecule has 0 spiro atoms. The Balaban J connectivity index is 1.65. The monoisotopic (exact) mass is 380 g/mol. The average Bonchev–Trinajstić information content (AvgIpc) is 3.17. The maximum atomic E-state index is 12.0. The molecule has 0 aliphatic carbocycles. The van der Waals surface area contributed by atoms with E-state index in [9.17, 15) is 25.0 Å². The SMILES string of the molecule is O=C(N/N=C\c1ccc(-c2ccc([N+](=O)[O-])cc2)o1)c1cccc([N+](=O)[O-])c1. The van der Waals surface area contributed by atoms with Crippen molar-refractivity contribution in [2.45, 2.75) is 0 Å². The quantitative estimate of drug-likeness (QED) is 0.394. The molecule has 3 rings (SSSR count). The Morgan fingerprint density at radius 1 is 0.964 bits per heavy atom. The fourth-order valence-electron chi connectivity index (χ4n) is 2.30. The first-order valence-corrected chi connectivity index (χ1v) is 7.86. The number of nitro benzene ring substituents is 2. The smallest absolute Gasteiger partial charge is 0.271 e. The molecule has 0 unspecified atom stereocenters. The zero-order valence-electron chi connectivity index (χ0n) is 14.1. The maximum absolute atomic E-state index is 12.0. The second kappa shape index (κ2) is 7.91. The molecule has 0 bridgehead atoms. The lowest BCUT2D eigenvalue weighted by atomic mass is 10.1. The molecule has 1 amide bonds. The zero-order chi connectivity index (χ0) is 20.1. The highest BCUT2D eigenvalue weighted by Crippen LogP contribution is 2.24. The van der Waals surface area contributed by atoms with Gasteiger partial charge in [0, 0.05) is 35.4 Å². The third-order valence-corrected chi connectivity index (χ3v) is 3.67. The van der Waals surface area contributed by atoms with Crippen LogP contribution in [0.3, 0.4) is 0 Å². The molecule has 0 saturated heterocycles. The van der Waals surface area contributed by atoms with Crippen LogP contribution in [0.1, 0.15) is 16.1 Å². The molecule has 0 radical (unpaired) electrons. The van der Waals surface area contributed by atoms with Crippen LogP contribution in [0.2, 0.25) is 0 Å². The topological polar surface area (TPSA) is 141 Å². The van der Waals surface area contributed by atoms with E-state index < -0.39 is 15.8 Å². The predicted molar refractivity (Wildman–Crippen MR) is 99.0 cm³/mol. The third-order valence-electron chi connectivity index (χ3n) is 3.67. The van der Waals surface area contributed by atoms with Gasteiger partial charge in [0.1, 0.15) is 11.5 Å². The second-order valence-corrected chi connectivity index (χ2v) is 5.51. The van der Waals surface area contributed by atoms with Crippen LogP contribution in [0.15, 0.2) is 70.2 Å². The van der Waals surface area contributed by atoms with E-state index in [4.69, 9.17) is 4.42 Å². The van der Waals surface area contributed by atoms with Crippen LogP contribution in [-0.2, 0) is 0 Å². The van der Waals surface area contributed by atoms with Gasteiger partial charge in [-0.15, -0.1) is 0 Å². The van der Waals surface area contributed by atoms with Crippen LogP contribution in [0.4, 0.5) is 11.4 Å². The number of nitrogens with zero attached hydrogens (tertiary/aromatic N) is 3. The Hall–Kier alpha value is -4.34. The van der Waals surface area contributed by atoms with E-state index in [1.54, 1.807) is 24.3 Å². The van der Waals surface area contributed by atoms with Crippen molar-refractivity contribution in [3.8, 4) is 11.3 Å². The van der Waals surface area contributed by atoms with Crippen LogP contribution in [0, 0.1) is 20.2 Å². The lowest BCUT2D eigenvalue weighted by molar-refractivity contribution is -0.385. The summed E-state index contributed by atoms with van der Waals surface area (Å²) in [6.07, 6.45) is 1.27. The molecule has 140 valence electrons. The highest BCUT2D eigenvalue weighted by atomic mass is 16.6. The number of hydrogen-bond acceptors (Lipinski definition) is 7. The van der Waals surface area contributed by atoms with Crippen LogP contribution >= 0.6 is 0 Å². The average molecular weight is 380 g/mol. The number of hydrazone groups is 1. The van der Waals surface area contributed by atoms with E-state index in [2.05, 4.69) is 10.5 Å². The van der Waals surface area contributed by atoms with Gasteiger partial charge in [-0.05, 0) is 30.3 Å². The lowest BCUT2D eigenvalue weighted by Crippen LogP contribution is -2.17. The number of furan rings is 1. The molecule has 0 aliphatic heterocycles. The van der Waals surface area contributed by atoms with Crippen LogP contribution < -0.4 is 5.43 Å². The summed E-state index contributed by atoms with van der Waals surface area (Å²) in [5, 5.41) is 25.2. The number of hydrogen-bond donors (Lipinski definition) is 1. The third kappa shape index (κ3) is 4.25. The Bertz CT molecular complexity index is 1070. The van der Waals surface area contributed by atoms with Crippen LogP contribution in [0.25, 0.3) is 11.3 Å². The van der Waals surface area contributed by atoms with Gasteiger partial charge in [0.15, 0.2) is 0 Å². The predicted octanol–water partition coefficient (Wildman–Crippen LogP) is 3.53. The first-order valence-electron chi connectivity index (χ1n) is 7.86. The normalized spacial score (nSPS) is 10.7.